The molecule has 0 atom stereocenters. The summed E-state index contributed by atoms with van der Waals surface area (Å²) in [6, 6.07) is 4.88. The number of aryl methyl sites for hydroxylation is 1. The first kappa shape index (κ1) is 16.3. The first-order chi connectivity index (χ1) is 9.72. The Morgan fingerprint density at radius 1 is 1.43 bits per heavy atom. The largest absolute Gasteiger partial charge is 0.389 e. The van der Waals surface area contributed by atoms with Crippen molar-refractivity contribution in [3.05, 3.63) is 32.8 Å². The summed E-state index contributed by atoms with van der Waals surface area (Å²) >= 11 is 11.3. The maximum absolute atomic E-state index is 12.4. The first-order valence-corrected chi connectivity index (χ1v) is 8.87. The van der Waals surface area contributed by atoms with Gasteiger partial charge in [0.2, 0.25) is 5.03 Å². The fraction of sp³-hybridized carbons (Fsp3) is 0.100. The van der Waals surface area contributed by atoms with Gasteiger partial charge in [-0.1, -0.05) is 33.4 Å². The highest BCUT2D eigenvalue weighted by atomic mass is 79.9. The molecule has 21 heavy (non-hydrogen) atoms. The lowest BCUT2D eigenvalue weighted by Gasteiger charge is -2.12. The molecular weight excluding hydrogens is 446 g/mol. The fourth-order valence-corrected chi connectivity index (χ4v) is 4.32. The van der Waals surface area contributed by atoms with Gasteiger partial charge in [-0.05, 0) is 34.1 Å². The minimum atomic E-state index is -3.89. The normalized spacial score (nSPS) is 11.4. The predicted molar refractivity (Wildman–Crippen MR) is 89.5 cm³/mol. The molecule has 0 aliphatic carbocycles. The highest BCUT2D eigenvalue weighted by molar-refractivity contribution is 9.10. The van der Waals surface area contributed by atoms with E-state index in [4.69, 9.17) is 18.0 Å². The summed E-state index contributed by atoms with van der Waals surface area (Å²) in [6.45, 7) is 0. The van der Waals surface area contributed by atoms with Crippen molar-refractivity contribution in [3.8, 4) is 0 Å². The van der Waals surface area contributed by atoms with E-state index in [0.29, 0.717) is 5.56 Å². The number of benzene rings is 1. The molecule has 1 heterocycles. The van der Waals surface area contributed by atoms with Crippen molar-refractivity contribution < 1.29 is 8.42 Å². The molecule has 0 amide bonds. The molecule has 0 aliphatic rings. The molecule has 2 aromatic rings. The minimum Gasteiger partial charge on any atom is -0.389 e. The first-order valence-electron chi connectivity index (χ1n) is 5.39. The zero-order valence-corrected chi connectivity index (χ0v) is 15.3. The van der Waals surface area contributed by atoms with E-state index < -0.39 is 10.0 Å². The summed E-state index contributed by atoms with van der Waals surface area (Å²) < 4.78 is 29.3. The molecule has 1 aromatic carbocycles. The van der Waals surface area contributed by atoms with E-state index in [9.17, 15) is 8.42 Å². The van der Waals surface area contributed by atoms with Crippen molar-refractivity contribution in [2.24, 2.45) is 12.8 Å². The molecule has 0 radical (unpaired) electrons. The van der Waals surface area contributed by atoms with Crippen LogP contribution in [-0.4, -0.2) is 28.4 Å². The van der Waals surface area contributed by atoms with Crippen LogP contribution in [0.2, 0.25) is 0 Å². The van der Waals surface area contributed by atoms with Crippen molar-refractivity contribution in [1.82, 2.24) is 15.0 Å². The second-order valence-corrected chi connectivity index (χ2v) is 7.67. The number of aromatic nitrogens is 3. The van der Waals surface area contributed by atoms with E-state index >= 15 is 0 Å². The second kappa shape index (κ2) is 5.99. The van der Waals surface area contributed by atoms with Gasteiger partial charge >= 0.3 is 0 Å². The maximum atomic E-state index is 12.4. The Morgan fingerprint density at radius 2 is 2.10 bits per heavy atom. The average molecular weight is 455 g/mol. The van der Waals surface area contributed by atoms with Crippen LogP contribution in [0, 0.1) is 0 Å². The highest BCUT2D eigenvalue weighted by Crippen LogP contribution is 2.25. The molecule has 0 fully saturated rings. The van der Waals surface area contributed by atoms with E-state index in [0.717, 1.165) is 9.15 Å². The zero-order chi connectivity index (χ0) is 15.8. The van der Waals surface area contributed by atoms with Gasteiger partial charge in [0.25, 0.3) is 10.0 Å². The molecule has 11 heteroatoms. The lowest BCUT2D eigenvalue weighted by Crippen LogP contribution is -2.20. The zero-order valence-electron chi connectivity index (χ0n) is 10.5. The predicted octanol–water partition coefficient (Wildman–Crippen LogP) is 1.78. The molecule has 0 saturated carbocycles. The smallest absolute Gasteiger partial charge is 0.281 e. The number of nitrogens with two attached hydrogens (primary N) is 1. The number of anilines is 1. The number of hydrogen-bond acceptors (Lipinski definition) is 5. The maximum Gasteiger partial charge on any atom is 0.281 e. The molecule has 112 valence electrons. The Hall–Kier alpha value is -1.04. The standard InChI is InChI=1S/C10H9Br2N5O2S2/c1-17-10(8(12)14-16-17)21(18,19)15-7-3-2-5(11)4-6(7)9(13)20/h2-4,15H,1H3,(H2,13,20). The quantitative estimate of drug-likeness (QED) is 0.682. The number of nitrogens with one attached hydrogen (secondary N) is 1. The van der Waals surface area contributed by atoms with Crippen LogP contribution in [0.15, 0.2) is 32.3 Å². The Kier molecular flexibility index (Phi) is 4.66. The van der Waals surface area contributed by atoms with Crippen LogP contribution in [0.4, 0.5) is 5.69 Å². The van der Waals surface area contributed by atoms with Gasteiger partial charge in [0.1, 0.15) is 4.99 Å². The minimum absolute atomic E-state index is 0.0798. The molecule has 0 aliphatic heterocycles. The van der Waals surface area contributed by atoms with Crippen molar-refractivity contribution in [2.45, 2.75) is 5.03 Å². The van der Waals surface area contributed by atoms with E-state index in [1.54, 1.807) is 18.2 Å². The van der Waals surface area contributed by atoms with Gasteiger partial charge in [-0.2, -0.15) is 8.42 Å². The highest BCUT2D eigenvalue weighted by Gasteiger charge is 2.25. The summed E-state index contributed by atoms with van der Waals surface area (Å²) in [7, 11) is -2.42. The number of nitrogens with zero attached hydrogens (tertiary/aromatic N) is 3. The lowest BCUT2D eigenvalue weighted by atomic mass is 10.2. The van der Waals surface area contributed by atoms with Crippen LogP contribution in [0.1, 0.15) is 5.56 Å². The summed E-state index contributed by atoms with van der Waals surface area (Å²) in [5.74, 6) is 0. The monoisotopic (exact) mass is 453 g/mol. The van der Waals surface area contributed by atoms with Crippen LogP contribution >= 0.6 is 44.1 Å². The Bertz CT molecular complexity index is 799. The fourth-order valence-electron chi connectivity index (χ4n) is 1.61. The second-order valence-electron chi connectivity index (χ2n) is 3.97. The third-order valence-electron chi connectivity index (χ3n) is 2.48. The third kappa shape index (κ3) is 3.42. The van der Waals surface area contributed by atoms with Crippen molar-refractivity contribution >= 4 is 64.8 Å². The average Bonchev–Trinajstić information content (AvgIpc) is 2.71. The third-order valence-corrected chi connectivity index (χ3v) is 5.45. The van der Waals surface area contributed by atoms with Gasteiger partial charge in [-0.25, -0.2) is 4.68 Å². The number of halogens is 2. The van der Waals surface area contributed by atoms with Gasteiger partial charge < -0.3 is 5.73 Å². The Morgan fingerprint density at radius 3 is 2.62 bits per heavy atom. The topological polar surface area (TPSA) is 103 Å². The van der Waals surface area contributed by atoms with E-state index in [1.165, 1.54) is 7.05 Å². The summed E-state index contributed by atoms with van der Waals surface area (Å²) in [5, 5.41) is 7.19. The lowest BCUT2D eigenvalue weighted by molar-refractivity contribution is 0.578. The van der Waals surface area contributed by atoms with Gasteiger partial charge in [0, 0.05) is 17.1 Å². The molecule has 3 N–H and O–H groups in total. The Balaban J connectivity index is 2.50. The molecular formula is C10H9Br2N5O2S2. The summed E-state index contributed by atoms with van der Waals surface area (Å²) in [5.41, 5.74) is 6.31. The van der Waals surface area contributed by atoms with Crippen LogP contribution in [0.5, 0.6) is 0 Å². The number of sulfonamides is 1. The number of rotatable bonds is 4. The van der Waals surface area contributed by atoms with Crippen LogP contribution < -0.4 is 10.5 Å². The summed E-state index contributed by atoms with van der Waals surface area (Å²) in [4.78, 5) is 0.0798. The van der Waals surface area contributed by atoms with Gasteiger partial charge in [0.05, 0.1) is 5.69 Å². The molecule has 7 nitrogen and oxygen atoms in total. The van der Waals surface area contributed by atoms with E-state index in [-0.39, 0.29) is 20.3 Å². The molecule has 0 bridgehead atoms. The van der Waals surface area contributed by atoms with E-state index in [2.05, 4.69) is 46.9 Å². The van der Waals surface area contributed by atoms with Crippen LogP contribution in [-0.2, 0) is 17.1 Å². The van der Waals surface area contributed by atoms with Crippen molar-refractivity contribution in [1.29, 1.82) is 0 Å². The SMILES string of the molecule is Cn1nnc(Br)c1S(=O)(=O)Nc1ccc(Br)cc1C(N)=S. The van der Waals surface area contributed by atoms with Crippen LogP contribution in [0.3, 0.4) is 0 Å². The number of hydrogen-bond donors (Lipinski definition) is 2. The van der Waals surface area contributed by atoms with Crippen molar-refractivity contribution in [3.63, 3.8) is 0 Å². The molecule has 0 spiro atoms. The van der Waals surface area contributed by atoms with Crippen molar-refractivity contribution in [2.75, 3.05) is 4.72 Å². The molecule has 0 saturated heterocycles. The Labute approximate surface area is 143 Å². The van der Waals surface area contributed by atoms with Crippen LogP contribution in [0.25, 0.3) is 0 Å². The molecule has 0 unspecified atom stereocenters. The molecule has 2 rings (SSSR count). The van der Waals surface area contributed by atoms with Gasteiger partial charge in [-0.15, -0.1) is 5.10 Å². The van der Waals surface area contributed by atoms with Gasteiger partial charge in [0.15, 0.2) is 4.60 Å². The summed E-state index contributed by atoms with van der Waals surface area (Å²) in [6.07, 6.45) is 0. The number of thiocarbonyl (C=S) groups is 1. The van der Waals surface area contributed by atoms with E-state index in [1.807, 2.05) is 0 Å². The molecule has 1 aromatic heterocycles. The van der Waals surface area contributed by atoms with Gasteiger partial charge in [-0.3, -0.25) is 4.72 Å².